The van der Waals surface area contributed by atoms with Gasteiger partial charge in [-0.1, -0.05) is 64.6 Å². The molecule has 0 N–H and O–H groups in total. The van der Waals surface area contributed by atoms with Crippen LogP contribution in [0.1, 0.15) is 0 Å². The molecule has 0 nitrogen and oxygen atoms in total. The highest BCUT2D eigenvalue weighted by atomic mass is 29.6. The summed E-state index contributed by atoms with van der Waals surface area (Å²) in [7, 11) is -2.80. The zero-order valence-corrected chi connectivity index (χ0v) is 15.9. The molecule has 14 heavy (non-hydrogen) atoms. The van der Waals surface area contributed by atoms with E-state index in [1.165, 1.54) is 0 Å². The summed E-state index contributed by atoms with van der Waals surface area (Å²) in [6.07, 6.45) is 0. The minimum atomic E-state index is -0.809. The van der Waals surface area contributed by atoms with E-state index in [0.29, 0.717) is 0 Å². The second kappa shape index (κ2) is 4.39. The van der Waals surface area contributed by atoms with Crippen molar-refractivity contribution in [3.05, 3.63) is 0 Å². The van der Waals surface area contributed by atoms with Crippen LogP contribution in [0.15, 0.2) is 0 Å². The summed E-state index contributed by atoms with van der Waals surface area (Å²) in [5.74, 6) is 0. The smallest absolute Gasteiger partial charge is 0.0409 e. The van der Waals surface area contributed by atoms with Crippen LogP contribution in [0, 0.1) is 0 Å². The summed E-state index contributed by atoms with van der Waals surface area (Å²) in [6, 6.07) is 0. The Morgan fingerprint density at radius 3 is 1.00 bits per heavy atom. The normalized spacial score (nSPS) is 15.0. The molecule has 0 fully saturated rings. The summed E-state index contributed by atoms with van der Waals surface area (Å²) >= 11 is 0. The predicted molar refractivity (Wildman–Crippen MR) is 82.0 cm³/mol. The van der Waals surface area contributed by atoms with Crippen molar-refractivity contribution in [1.29, 1.82) is 0 Å². The fourth-order valence-corrected chi connectivity index (χ4v) is 68.1. The van der Waals surface area contributed by atoms with Gasteiger partial charge in [0.25, 0.3) is 0 Å². The molecule has 0 bridgehead atoms. The van der Waals surface area contributed by atoms with E-state index < -0.39 is 31.1 Å². The topological polar surface area (TPSA) is 0 Å². The van der Waals surface area contributed by atoms with Gasteiger partial charge in [-0.25, -0.2) is 0 Å². The zero-order valence-electron chi connectivity index (χ0n) is 11.8. The molecule has 0 saturated heterocycles. The van der Waals surface area contributed by atoms with Crippen LogP contribution in [-0.4, -0.2) is 31.1 Å². The molecule has 4 heteroatoms. The van der Waals surface area contributed by atoms with Gasteiger partial charge in [-0.05, 0) is 0 Å². The average Bonchev–Trinajstić information content (AvgIpc) is 1.75. The highest BCUT2D eigenvalue weighted by Crippen LogP contribution is 2.25. The van der Waals surface area contributed by atoms with Crippen LogP contribution in [0.25, 0.3) is 0 Å². The first-order valence-corrected chi connectivity index (χ1v) is 21.0. The molecule has 0 aliphatic heterocycles. The Morgan fingerprint density at radius 2 is 0.929 bits per heavy atom. The fourth-order valence-electron chi connectivity index (χ4n) is 2.52. The van der Waals surface area contributed by atoms with Gasteiger partial charge in [-0.15, -0.1) is 0 Å². The lowest BCUT2D eigenvalue weighted by molar-refractivity contribution is 1.61. The third-order valence-electron chi connectivity index (χ3n) is 2.91. The third kappa shape index (κ3) is 5.68. The molecule has 0 aromatic rings. The molecule has 0 aliphatic rings. The van der Waals surface area contributed by atoms with E-state index in [0.717, 1.165) is 0 Å². The second-order valence-electron chi connectivity index (χ2n) is 8.05. The van der Waals surface area contributed by atoms with E-state index in [1.807, 2.05) is 0 Å². The summed E-state index contributed by atoms with van der Waals surface area (Å²) < 4.78 is 0. The molecule has 0 saturated carbocycles. The average molecular weight is 263 g/mol. The molecule has 0 aromatic carbocycles. The Hall–Kier alpha value is 0.868. The summed E-state index contributed by atoms with van der Waals surface area (Å²) in [6.45, 7) is 23.5. The van der Waals surface area contributed by atoms with Crippen molar-refractivity contribution in [2.24, 2.45) is 0 Å². The van der Waals surface area contributed by atoms with E-state index in [-0.39, 0.29) is 0 Å². The molecule has 0 spiro atoms. The molecule has 0 rings (SSSR count). The first kappa shape index (κ1) is 14.9. The summed E-state index contributed by atoms with van der Waals surface area (Å²) in [5.41, 5.74) is 1.71. The third-order valence-corrected chi connectivity index (χ3v) is 45.4. The highest BCUT2D eigenvalue weighted by molar-refractivity contribution is 7.61. The summed E-state index contributed by atoms with van der Waals surface area (Å²) in [5, 5.41) is 0. The Kier molecular flexibility index (Phi) is 4.66. The Bertz CT molecular complexity index is 166. The molecule has 0 radical (unpaired) electrons. The maximum absolute atomic E-state index is 2.63. The van der Waals surface area contributed by atoms with Gasteiger partial charge >= 0.3 is 0 Å². The SMILES string of the molecule is C[Si](C)(C)C[SiH]([Si](C)(C)C)[Si](C)(C)C. The van der Waals surface area contributed by atoms with E-state index in [9.17, 15) is 0 Å². The van der Waals surface area contributed by atoms with Crippen molar-refractivity contribution in [1.82, 2.24) is 0 Å². The Labute approximate surface area is 95.7 Å². The standard InChI is InChI=1S/C10H30Si4/c1-12(2,3)10-11(13(4,5)6)14(7,8)9/h11H,10H2,1-9H3. The van der Waals surface area contributed by atoms with Crippen molar-refractivity contribution in [2.45, 2.75) is 64.6 Å². The predicted octanol–water partition coefficient (Wildman–Crippen LogP) is 3.92. The Balaban J connectivity index is 4.78. The van der Waals surface area contributed by atoms with Crippen LogP contribution in [-0.2, 0) is 0 Å². The molecule has 0 aliphatic carbocycles. The van der Waals surface area contributed by atoms with Gasteiger partial charge in [-0.2, -0.15) is 0 Å². The van der Waals surface area contributed by atoms with Crippen LogP contribution in [0.4, 0.5) is 0 Å². The lowest BCUT2D eigenvalue weighted by Crippen LogP contribution is -2.61. The van der Waals surface area contributed by atoms with Crippen molar-refractivity contribution >= 4 is 31.1 Å². The lowest BCUT2D eigenvalue weighted by atomic mass is 11.7. The van der Waals surface area contributed by atoms with Crippen LogP contribution < -0.4 is 0 Å². The van der Waals surface area contributed by atoms with Crippen molar-refractivity contribution < 1.29 is 0 Å². The molecular formula is C10H30Si4. The zero-order chi connectivity index (χ0) is 11.8. The number of rotatable bonds is 4. The van der Waals surface area contributed by atoms with E-state index in [2.05, 4.69) is 58.9 Å². The maximum Gasteiger partial charge on any atom is 0.0409 e. The highest BCUT2D eigenvalue weighted by Gasteiger charge is 2.40. The van der Waals surface area contributed by atoms with Crippen LogP contribution >= 0.6 is 0 Å². The van der Waals surface area contributed by atoms with Gasteiger partial charge in [0.05, 0.1) is 0 Å². The largest absolute Gasteiger partial charge is 0.0719 e. The van der Waals surface area contributed by atoms with Crippen LogP contribution in [0.2, 0.25) is 64.6 Å². The quantitative estimate of drug-likeness (QED) is 0.674. The van der Waals surface area contributed by atoms with Gasteiger partial charge in [-0.3, -0.25) is 0 Å². The molecule has 0 unspecified atom stereocenters. The van der Waals surface area contributed by atoms with Crippen molar-refractivity contribution in [2.75, 3.05) is 0 Å². The first-order valence-electron chi connectivity index (χ1n) is 5.84. The van der Waals surface area contributed by atoms with Crippen LogP contribution in [0.5, 0.6) is 0 Å². The molecule has 0 heterocycles. The van der Waals surface area contributed by atoms with E-state index in [4.69, 9.17) is 0 Å². The van der Waals surface area contributed by atoms with Gasteiger partial charge < -0.3 is 0 Å². The van der Waals surface area contributed by atoms with E-state index in [1.54, 1.807) is 5.67 Å². The maximum atomic E-state index is 2.63. The molecule has 0 aromatic heterocycles. The molecule has 0 amide bonds. The summed E-state index contributed by atoms with van der Waals surface area (Å²) in [4.78, 5) is 0. The van der Waals surface area contributed by atoms with E-state index >= 15 is 0 Å². The number of hydrogen-bond acceptors (Lipinski definition) is 0. The lowest BCUT2D eigenvalue weighted by Gasteiger charge is -2.40. The van der Waals surface area contributed by atoms with Crippen LogP contribution in [0.3, 0.4) is 0 Å². The number of hydrogen-bond donors (Lipinski definition) is 0. The molecular weight excluding hydrogens is 232 g/mol. The second-order valence-corrected chi connectivity index (χ2v) is 41.7. The molecule has 0 atom stereocenters. The van der Waals surface area contributed by atoms with Gasteiger partial charge in [0, 0.05) is 31.1 Å². The fraction of sp³-hybridized carbons (Fsp3) is 1.00. The van der Waals surface area contributed by atoms with Gasteiger partial charge in [0.1, 0.15) is 0 Å². The monoisotopic (exact) mass is 262 g/mol. The van der Waals surface area contributed by atoms with Gasteiger partial charge in [0.15, 0.2) is 0 Å². The minimum absolute atomic E-state index is 0.396. The van der Waals surface area contributed by atoms with Crippen molar-refractivity contribution in [3.8, 4) is 0 Å². The van der Waals surface area contributed by atoms with Crippen molar-refractivity contribution in [3.63, 3.8) is 0 Å². The van der Waals surface area contributed by atoms with Gasteiger partial charge in [0.2, 0.25) is 0 Å². The molecule has 86 valence electrons. The first-order chi connectivity index (χ1) is 5.84. The minimum Gasteiger partial charge on any atom is -0.0719 e. The Morgan fingerprint density at radius 1 is 0.643 bits per heavy atom.